The Bertz CT molecular complexity index is 934. The molecule has 1 aliphatic rings. The van der Waals surface area contributed by atoms with Crippen LogP contribution in [-0.2, 0) is 26.6 Å². The van der Waals surface area contributed by atoms with Crippen molar-refractivity contribution in [1.29, 1.82) is 0 Å². The summed E-state index contributed by atoms with van der Waals surface area (Å²) >= 11 is 6.24. The minimum absolute atomic E-state index is 0.200. The maximum absolute atomic E-state index is 12.9. The van der Waals surface area contributed by atoms with Crippen LogP contribution in [-0.4, -0.2) is 27.2 Å². The number of aryl methyl sites for hydroxylation is 1. The molecule has 6 nitrogen and oxygen atoms in total. The van der Waals surface area contributed by atoms with E-state index in [1.807, 2.05) is 12.1 Å². The molecule has 26 heavy (non-hydrogen) atoms. The molecule has 2 aromatic heterocycles. The van der Waals surface area contributed by atoms with Crippen molar-refractivity contribution in [2.24, 2.45) is 7.05 Å². The van der Waals surface area contributed by atoms with Crippen LogP contribution in [0.5, 0.6) is 5.75 Å². The molecule has 0 N–H and O–H groups in total. The summed E-state index contributed by atoms with van der Waals surface area (Å²) in [6.07, 6.45) is 4.10. The van der Waals surface area contributed by atoms with Gasteiger partial charge in [-0.1, -0.05) is 23.7 Å². The van der Waals surface area contributed by atoms with Gasteiger partial charge < -0.3 is 14.1 Å². The van der Waals surface area contributed by atoms with Crippen LogP contribution >= 0.6 is 11.6 Å². The van der Waals surface area contributed by atoms with Crippen LogP contribution < -0.4 is 4.74 Å². The zero-order valence-electron chi connectivity index (χ0n) is 14.3. The standard InChI is InChI=1S/C19H18ClN3O3/c1-22-11-15(20)16(21-22)12-23(19(24)18-3-2-7-25-18)10-13-4-5-17-14(9-13)6-8-26-17/h2-5,7,9,11H,6,8,10,12H2,1H3. The zero-order valence-corrected chi connectivity index (χ0v) is 15.1. The van der Waals surface area contributed by atoms with Crippen LogP contribution in [0.1, 0.15) is 27.4 Å². The number of benzene rings is 1. The Labute approximate surface area is 155 Å². The van der Waals surface area contributed by atoms with Crippen molar-refractivity contribution in [1.82, 2.24) is 14.7 Å². The van der Waals surface area contributed by atoms with Crippen LogP contribution in [0.25, 0.3) is 0 Å². The topological polar surface area (TPSA) is 60.5 Å². The first-order valence-electron chi connectivity index (χ1n) is 8.35. The van der Waals surface area contributed by atoms with Crippen molar-refractivity contribution in [3.8, 4) is 5.75 Å². The van der Waals surface area contributed by atoms with Gasteiger partial charge in [0.15, 0.2) is 5.76 Å². The van der Waals surface area contributed by atoms with E-state index in [-0.39, 0.29) is 5.91 Å². The number of nitrogens with zero attached hydrogens (tertiary/aromatic N) is 3. The van der Waals surface area contributed by atoms with E-state index in [0.29, 0.717) is 36.2 Å². The summed E-state index contributed by atoms with van der Waals surface area (Å²) in [7, 11) is 1.80. The third-order valence-electron chi connectivity index (χ3n) is 4.34. The lowest BCUT2D eigenvalue weighted by Gasteiger charge is -2.21. The van der Waals surface area contributed by atoms with Gasteiger partial charge in [0.25, 0.3) is 5.91 Å². The fourth-order valence-corrected chi connectivity index (χ4v) is 3.35. The molecular weight excluding hydrogens is 354 g/mol. The highest BCUT2D eigenvalue weighted by Crippen LogP contribution is 2.27. The number of halogens is 1. The second-order valence-electron chi connectivity index (χ2n) is 6.28. The molecule has 0 saturated heterocycles. The molecule has 1 aromatic carbocycles. The molecule has 0 saturated carbocycles. The Morgan fingerprint density at radius 1 is 1.35 bits per heavy atom. The number of hydrogen-bond donors (Lipinski definition) is 0. The summed E-state index contributed by atoms with van der Waals surface area (Å²) in [6.45, 7) is 1.43. The number of aromatic nitrogens is 2. The van der Waals surface area contributed by atoms with Crippen LogP contribution in [0.15, 0.2) is 47.2 Å². The van der Waals surface area contributed by atoms with Gasteiger partial charge in [-0.05, 0) is 29.3 Å². The predicted molar refractivity (Wildman–Crippen MR) is 96.1 cm³/mol. The number of carbonyl (C=O) groups is 1. The fraction of sp³-hybridized carbons (Fsp3) is 0.263. The number of carbonyl (C=O) groups excluding carboxylic acids is 1. The number of amides is 1. The fourth-order valence-electron chi connectivity index (χ4n) is 3.11. The minimum atomic E-state index is -0.200. The van der Waals surface area contributed by atoms with Crippen molar-refractivity contribution in [2.45, 2.75) is 19.5 Å². The van der Waals surface area contributed by atoms with Crippen molar-refractivity contribution < 1.29 is 13.9 Å². The van der Waals surface area contributed by atoms with Gasteiger partial charge in [0.05, 0.1) is 24.4 Å². The van der Waals surface area contributed by atoms with E-state index in [4.69, 9.17) is 20.8 Å². The molecule has 7 heteroatoms. The molecule has 0 fully saturated rings. The first-order chi connectivity index (χ1) is 12.6. The average Bonchev–Trinajstić information content (AvgIpc) is 3.35. The molecule has 0 unspecified atom stereocenters. The molecule has 0 aliphatic carbocycles. The van der Waals surface area contributed by atoms with E-state index in [0.717, 1.165) is 17.7 Å². The van der Waals surface area contributed by atoms with Gasteiger partial charge >= 0.3 is 0 Å². The van der Waals surface area contributed by atoms with E-state index in [9.17, 15) is 4.79 Å². The summed E-state index contributed by atoms with van der Waals surface area (Å²) in [5, 5.41) is 4.89. The smallest absolute Gasteiger partial charge is 0.290 e. The second kappa shape index (κ2) is 6.88. The second-order valence-corrected chi connectivity index (χ2v) is 6.68. The van der Waals surface area contributed by atoms with Crippen LogP contribution in [0.3, 0.4) is 0 Å². The molecule has 0 spiro atoms. The number of fused-ring (bicyclic) bond motifs is 1. The first-order valence-corrected chi connectivity index (χ1v) is 8.73. The Hall–Kier alpha value is -2.73. The number of hydrogen-bond acceptors (Lipinski definition) is 4. The van der Waals surface area contributed by atoms with Crippen LogP contribution in [0, 0.1) is 0 Å². The molecule has 0 radical (unpaired) electrons. The average molecular weight is 372 g/mol. The molecule has 4 rings (SSSR count). The summed E-state index contributed by atoms with van der Waals surface area (Å²) in [5.74, 6) is 1.01. The third kappa shape index (κ3) is 3.32. The lowest BCUT2D eigenvalue weighted by atomic mass is 10.1. The number of furan rings is 1. The van der Waals surface area contributed by atoms with E-state index >= 15 is 0 Å². The zero-order chi connectivity index (χ0) is 18.1. The lowest BCUT2D eigenvalue weighted by Crippen LogP contribution is -2.30. The quantitative estimate of drug-likeness (QED) is 0.689. The van der Waals surface area contributed by atoms with Crippen molar-refractivity contribution in [3.63, 3.8) is 0 Å². The van der Waals surface area contributed by atoms with Crippen LogP contribution in [0.4, 0.5) is 0 Å². The summed E-state index contributed by atoms with van der Waals surface area (Å²) in [4.78, 5) is 14.6. The molecular formula is C19H18ClN3O3. The predicted octanol–water partition coefficient (Wildman–Crippen LogP) is 3.44. The van der Waals surface area contributed by atoms with Gasteiger partial charge in [0.1, 0.15) is 11.4 Å². The minimum Gasteiger partial charge on any atom is -0.493 e. The highest BCUT2D eigenvalue weighted by Gasteiger charge is 2.22. The molecule has 134 valence electrons. The molecule has 1 aliphatic heterocycles. The van der Waals surface area contributed by atoms with E-state index < -0.39 is 0 Å². The van der Waals surface area contributed by atoms with Gasteiger partial charge in [-0.2, -0.15) is 5.10 Å². The van der Waals surface area contributed by atoms with Gasteiger partial charge in [-0.25, -0.2) is 0 Å². The van der Waals surface area contributed by atoms with Crippen molar-refractivity contribution in [2.75, 3.05) is 6.61 Å². The summed E-state index contributed by atoms with van der Waals surface area (Å²) in [6, 6.07) is 9.39. The van der Waals surface area contributed by atoms with Crippen molar-refractivity contribution in [3.05, 3.63) is 70.4 Å². The lowest BCUT2D eigenvalue weighted by molar-refractivity contribution is 0.0695. The van der Waals surface area contributed by atoms with Gasteiger partial charge in [-0.3, -0.25) is 9.48 Å². The maximum Gasteiger partial charge on any atom is 0.290 e. The Balaban J connectivity index is 1.61. The van der Waals surface area contributed by atoms with Crippen LogP contribution in [0.2, 0.25) is 5.02 Å². The first kappa shape index (κ1) is 16.7. The van der Waals surface area contributed by atoms with Gasteiger partial charge in [0.2, 0.25) is 0 Å². The highest BCUT2D eigenvalue weighted by atomic mass is 35.5. The highest BCUT2D eigenvalue weighted by molar-refractivity contribution is 6.31. The Morgan fingerprint density at radius 2 is 2.23 bits per heavy atom. The van der Waals surface area contributed by atoms with Gasteiger partial charge in [0, 0.05) is 26.2 Å². The Morgan fingerprint density at radius 3 is 2.96 bits per heavy atom. The van der Waals surface area contributed by atoms with Gasteiger partial charge in [-0.15, -0.1) is 0 Å². The molecule has 3 aromatic rings. The van der Waals surface area contributed by atoms with E-state index in [1.54, 1.807) is 35.0 Å². The van der Waals surface area contributed by atoms with E-state index in [2.05, 4.69) is 11.2 Å². The molecule has 0 bridgehead atoms. The molecule has 0 atom stereocenters. The van der Waals surface area contributed by atoms with E-state index in [1.165, 1.54) is 11.8 Å². The largest absolute Gasteiger partial charge is 0.493 e. The third-order valence-corrected chi connectivity index (χ3v) is 4.66. The number of rotatable bonds is 5. The van der Waals surface area contributed by atoms with Crippen molar-refractivity contribution >= 4 is 17.5 Å². The molecule has 3 heterocycles. The number of ether oxygens (including phenoxy) is 1. The SMILES string of the molecule is Cn1cc(Cl)c(CN(Cc2ccc3c(c2)CCO3)C(=O)c2ccco2)n1. The summed E-state index contributed by atoms with van der Waals surface area (Å²) in [5.41, 5.74) is 2.85. The maximum atomic E-state index is 12.9. The monoisotopic (exact) mass is 371 g/mol. The Kier molecular flexibility index (Phi) is 4.42. The summed E-state index contributed by atoms with van der Waals surface area (Å²) < 4.78 is 12.5. The normalized spacial score (nSPS) is 12.7. The molecule has 1 amide bonds.